The Labute approximate surface area is 214 Å². The second-order valence-corrected chi connectivity index (χ2v) is 10.2. The number of ether oxygens (including phenoxy) is 2. The van der Waals surface area contributed by atoms with Crippen molar-refractivity contribution < 1.29 is 19.1 Å². The molecule has 184 valence electrons. The van der Waals surface area contributed by atoms with E-state index in [0.29, 0.717) is 41.8 Å². The van der Waals surface area contributed by atoms with Crippen molar-refractivity contribution in [3.8, 4) is 11.5 Å². The minimum Gasteiger partial charge on any atom is -0.454 e. The lowest BCUT2D eigenvalue weighted by Gasteiger charge is -2.29. The molecule has 0 fully saturated rings. The standard InChI is InChI=1S/C26H28ClN3O4S/c1-18(2)13-30(26(32)28-21-8-6-20(27)7-9-21)16-25(31)29(15-22-4-3-11-35-22)14-19-5-10-23-24(12-19)34-17-33-23/h3-12,18H,13-17H2,1-2H3,(H,28,32). The Morgan fingerprint density at radius 2 is 1.80 bits per heavy atom. The predicted molar refractivity (Wildman–Crippen MR) is 138 cm³/mol. The minimum atomic E-state index is -0.325. The smallest absolute Gasteiger partial charge is 0.322 e. The average molecular weight is 514 g/mol. The third-order valence-electron chi connectivity index (χ3n) is 5.38. The molecule has 0 bridgehead atoms. The summed E-state index contributed by atoms with van der Waals surface area (Å²) < 4.78 is 10.9. The summed E-state index contributed by atoms with van der Waals surface area (Å²) >= 11 is 7.55. The first-order chi connectivity index (χ1) is 16.9. The van der Waals surface area contributed by atoms with Crippen LogP contribution in [0.25, 0.3) is 0 Å². The number of carbonyl (C=O) groups excluding carboxylic acids is 2. The van der Waals surface area contributed by atoms with Crippen LogP contribution in [-0.4, -0.2) is 41.6 Å². The summed E-state index contributed by atoms with van der Waals surface area (Å²) in [5, 5.41) is 5.45. The van der Waals surface area contributed by atoms with Gasteiger partial charge in [-0.2, -0.15) is 0 Å². The first-order valence-corrected chi connectivity index (χ1v) is 12.6. The van der Waals surface area contributed by atoms with Gasteiger partial charge in [0, 0.05) is 28.7 Å². The van der Waals surface area contributed by atoms with Gasteiger partial charge in [-0.25, -0.2) is 4.79 Å². The third-order valence-corrected chi connectivity index (χ3v) is 6.50. The first-order valence-electron chi connectivity index (χ1n) is 11.4. The van der Waals surface area contributed by atoms with Crippen molar-refractivity contribution in [3.05, 3.63) is 75.4 Å². The molecule has 0 aliphatic carbocycles. The van der Waals surface area contributed by atoms with Gasteiger partial charge in [-0.05, 0) is 59.3 Å². The topological polar surface area (TPSA) is 71.1 Å². The number of amides is 3. The normalized spacial score (nSPS) is 12.0. The number of fused-ring (bicyclic) bond motifs is 1. The molecule has 0 atom stereocenters. The Balaban J connectivity index is 1.50. The predicted octanol–water partition coefficient (Wildman–Crippen LogP) is 5.85. The maximum Gasteiger partial charge on any atom is 0.322 e. The molecular weight excluding hydrogens is 486 g/mol. The summed E-state index contributed by atoms with van der Waals surface area (Å²) in [4.78, 5) is 31.0. The number of carbonyl (C=O) groups is 2. The highest BCUT2D eigenvalue weighted by Crippen LogP contribution is 2.33. The Hall–Kier alpha value is -3.23. The van der Waals surface area contributed by atoms with Crippen LogP contribution in [0.1, 0.15) is 24.3 Å². The molecule has 9 heteroatoms. The summed E-state index contributed by atoms with van der Waals surface area (Å²) in [5.74, 6) is 1.43. The fourth-order valence-corrected chi connectivity index (χ4v) is 4.59. The third kappa shape index (κ3) is 6.90. The zero-order valence-corrected chi connectivity index (χ0v) is 21.3. The van der Waals surface area contributed by atoms with Crippen LogP contribution in [-0.2, 0) is 17.9 Å². The molecule has 0 saturated carbocycles. The van der Waals surface area contributed by atoms with Crippen molar-refractivity contribution >= 4 is 40.6 Å². The van der Waals surface area contributed by atoms with Crippen LogP contribution in [0.5, 0.6) is 11.5 Å². The quantitative estimate of drug-likeness (QED) is 0.389. The number of hydrogen-bond acceptors (Lipinski definition) is 5. The van der Waals surface area contributed by atoms with Crippen molar-refractivity contribution in [2.24, 2.45) is 5.92 Å². The zero-order valence-electron chi connectivity index (χ0n) is 19.7. The molecule has 3 amide bonds. The maximum absolute atomic E-state index is 13.5. The lowest BCUT2D eigenvalue weighted by molar-refractivity contribution is -0.133. The lowest BCUT2D eigenvalue weighted by atomic mass is 10.1. The van der Waals surface area contributed by atoms with Crippen LogP contribution in [0.2, 0.25) is 5.02 Å². The molecule has 0 spiro atoms. The maximum atomic E-state index is 13.5. The second kappa shape index (κ2) is 11.5. The molecule has 0 saturated heterocycles. The summed E-state index contributed by atoms with van der Waals surface area (Å²) in [6, 6.07) is 16.2. The van der Waals surface area contributed by atoms with Crippen molar-refractivity contribution in [3.63, 3.8) is 0 Å². The molecule has 1 aliphatic rings. The molecular formula is C26H28ClN3O4S. The van der Waals surface area contributed by atoms with E-state index in [-0.39, 0.29) is 31.2 Å². The van der Waals surface area contributed by atoms with Gasteiger partial charge in [-0.15, -0.1) is 11.3 Å². The molecule has 7 nitrogen and oxygen atoms in total. The molecule has 4 rings (SSSR count). The second-order valence-electron chi connectivity index (χ2n) is 8.73. The van der Waals surface area contributed by atoms with E-state index >= 15 is 0 Å². The summed E-state index contributed by atoms with van der Waals surface area (Å²) in [5.41, 5.74) is 1.55. The number of nitrogens with one attached hydrogen (secondary N) is 1. The van der Waals surface area contributed by atoms with E-state index in [1.807, 2.05) is 49.6 Å². The Morgan fingerprint density at radius 3 is 2.51 bits per heavy atom. The Morgan fingerprint density at radius 1 is 1.03 bits per heavy atom. The number of halogens is 1. The molecule has 3 aromatic rings. The van der Waals surface area contributed by atoms with Gasteiger partial charge in [-0.1, -0.05) is 37.6 Å². The lowest BCUT2D eigenvalue weighted by Crippen LogP contribution is -2.45. The summed E-state index contributed by atoms with van der Waals surface area (Å²) in [7, 11) is 0. The van der Waals surface area contributed by atoms with Crippen LogP contribution in [0.3, 0.4) is 0 Å². The molecule has 1 N–H and O–H groups in total. The number of rotatable bonds is 9. The van der Waals surface area contributed by atoms with Crippen LogP contribution in [0.15, 0.2) is 60.0 Å². The fraction of sp³-hybridized carbons (Fsp3) is 0.308. The number of benzene rings is 2. The molecule has 2 aromatic carbocycles. The highest BCUT2D eigenvalue weighted by Gasteiger charge is 2.24. The largest absolute Gasteiger partial charge is 0.454 e. The van der Waals surface area contributed by atoms with Gasteiger partial charge in [0.2, 0.25) is 12.7 Å². The van der Waals surface area contributed by atoms with Crippen LogP contribution >= 0.6 is 22.9 Å². The van der Waals surface area contributed by atoms with E-state index < -0.39 is 0 Å². The van der Waals surface area contributed by atoms with E-state index in [1.165, 1.54) is 0 Å². The Kier molecular flexibility index (Phi) is 8.15. The fourth-order valence-electron chi connectivity index (χ4n) is 3.74. The van der Waals surface area contributed by atoms with Crippen molar-refractivity contribution in [1.82, 2.24) is 9.80 Å². The average Bonchev–Trinajstić information content (AvgIpc) is 3.51. The summed E-state index contributed by atoms with van der Waals surface area (Å²) in [6.07, 6.45) is 0. The van der Waals surface area contributed by atoms with Gasteiger partial charge in [0.05, 0.1) is 6.54 Å². The zero-order chi connectivity index (χ0) is 24.8. The SMILES string of the molecule is CC(C)CN(CC(=O)N(Cc1ccc2c(c1)OCO2)Cc1cccs1)C(=O)Nc1ccc(Cl)cc1. The van der Waals surface area contributed by atoms with Gasteiger partial charge < -0.3 is 24.6 Å². The molecule has 35 heavy (non-hydrogen) atoms. The first kappa shape index (κ1) is 24.9. The minimum absolute atomic E-state index is 0.0342. The van der Waals surface area contributed by atoms with Gasteiger partial charge in [0.1, 0.15) is 6.54 Å². The van der Waals surface area contributed by atoms with E-state index in [2.05, 4.69) is 5.32 Å². The van der Waals surface area contributed by atoms with E-state index in [9.17, 15) is 9.59 Å². The monoisotopic (exact) mass is 513 g/mol. The highest BCUT2D eigenvalue weighted by atomic mass is 35.5. The van der Waals surface area contributed by atoms with Gasteiger partial charge in [0.25, 0.3) is 0 Å². The highest BCUT2D eigenvalue weighted by molar-refractivity contribution is 7.09. The molecule has 0 radical (unpaired) electrons. The molecule has 1 aromatic heterocycles. The van der Waals surface area contributed by atoms with Crippen LogP contribution in [0, 0.1) is 5.92 Å². The number of hydrogen-bond donors (Lipinski definition) is 1. The summed E-state index contributed by atoms with van der Waals surface area (Å²) in [6.45, 7) is 5.49. The van der Waals surface area contributed by atoms with Gasteiger partial charge in [0.15, 0.2) is 11.5 Å². The molecule has 0 unspecified atom stereocenters. The van der Waals surface area contributed by atoms with Gasteiger partial charge >= 0.3 is 6.03 Å². The number of anilines is 1. The molecule has 2 heterocycles. The number of thiophene rings is 1. The van der Waals surface area contributed by atoms with Gasteiger partial charge in [-0.3, -0.25) is 4.79 Å². The Bertz CT molecular complexity index is 1150. The number of urea groups is 1. The van der Waals surface area contributed by atoms with E-state index in [0.717, 1.165) is 10.4 Å². The molecule has 1 aliphatic heterocycles. The van der Waals surface area contributed by atoms with Crippen molar-refractivity contribution in [1.29, 1.82) is 0 Å². The van der Waals surface area contributed by atoms with Crippen LogP contribution < -0.4 is 14.8 Å². The number of nitrogens with zero attached hydrogens (tertiary/aromatic N) is 2. The van der Waals surface area contributed by atoms with Crippen molar-refractivity contribution in [2.45, 2.75) is 26.9 Å². The van der Waals surface area contributed by atoms with E-state index in [1.54, 1.807) is 45.4 Å². The van der Waals surface area contributed by atoms with E-state index in [4.69, 9.17) is 21.1 Å². The van der Waals surface area contributed by atoms with Crippen LogP contribution in [0.4, 0.5) is 10.5 Å². The van der Waals surface area contributed by atoms with Crippen molar-refractivity contribution in [2.75, 3.05) is 25.2 Å².